The predicted molar refractivity (Wildman–Crippen MR) is 65.1 cm³/mol. The SMILES string of the molecule is CNCc1cccc(OCC2CC2)c1Br. The van der Waals surface area contributed by atoms with E-state index in [4.69, 9.17) is 4.74 Å². The maximum atomic E-state index is 5.77. The first-order valence-corrected chi connectivity index (χ1v) is 6.15. The van der Waals surface area contributed by atoms with Gasteiger partial charge in [-0.3, -0.25) is 0 Å². The summed E-state index contributed by atoms with van der Waals surface area (Å²) in [7, 11) is 1.95. The summed E-state index contributed by atoms with van der Waals surface area (Å²) in [5, 5.41) is 3.14. The van der Waals surface area contributed by atoms with Crippen LogP contribution in [0.15, 0.2) is 22.7 Å². The van der Waals surface area contributed by atoms with Crippen LogP contribution in [0.2, 0.25) is 0 Å². The van der Waals surface area contributed by atoms with Crippen molar-refractivity contribution in [3.63, 3.8) is 0 Å². The second kappa shape index (κ2) is 4.99. The number of halogens is 1. The Labute approximate surface area is 99.1 Å². The lowest BCUT2D eigenvalue weighted by molar-refractivity contribution is 0.297. The standard InChI is InChI=1S/C12H16BrNO/c1-14-7-10-3-2-4-11(12(10)13)15-8-9-5-6-9/h2-4,9,14H,5-8H2,1H3. The van der Waals surface area contributed by atoms with E-state index in [9.17, 15) is 0 Å². The topological polar surface area (TPSA) is 21.3 Å². The van der Waals surface area contributed by atoms with E-state index in [1.54, 1.807) is 0 Å². The van der Waals surface area contributed by atoms with Crippen LogP contribution >= 0.6 is 15.9 Å². The van der Waals surface area contributed by atoms with Gasteiger partial charge in [-0.1, -0.05) is 12.1 Å². The van der Waals surface area contributed by atoms with Crippen molar-refractivity contribution in [2.75, 3.05) is 13.7 Å². The number of nitrogens with one attached hydrogen (secondary N) is 1. The zero-order valence-corrected chi connectivity index (χ0v) is 10.5. The summed E-state index contributed by atoms with van der Waals surface area (Å²) < 4.78 is 6.86. The van der Waals surface area contributed by atoms with Crippen molar-refractivity contribution >= 4 is 15.9 Å². The molecular formula is C12H16BrNO. The maximum Gasteiger partial charge on any atom is 0.133 e. The second-order valence-electron chi connectivity index (χ2n) is 4.01. The fourth-order valence-corrected chi connectivity index (χ4v) is 2.01. The number of rotatable bonds is 5. The van der Waals surface area contributed by atoms with Gasteiger partial charge in [-0.2, -0.15) is 0 Å². The molecule has 2 nitrogen and oxygen atoms in total. The highest BCUT2D eigenvalue weighted by atomic mass is 79.9. The lowest BCUT2D eigenvalue weighted by Gasteiger charge is -2.10. The van der Waals surface area contributed by atoms with Crippen LogP contribution < -0.4 is 10.1 Å². The van der Waals surface area contributed by atoms with E-state index >= 15 is 0 Å². The summed E-state index contributed by atoms with van der Waals surface area (Å²) in [6.45, 7) is 1.73. The Morgan fingerprint density at radius 3 is 2.93 bits per heavy atom. The molecule has 0 spiro atoms. The average molecular weight is 270 g/mol. The van der Waals surface area contributed by atoms with Gasteiger partial charge in [0, 0.05) is 6.54 Å². The predicted octanol–water partition coefficient (Wildman–Crippen LogP) is 2.96. The summed E-state index contributed by atoms with van der Waals surface area (Å²) in [4.78, 5) is 0. The van der Waals surface area contributed by atoms with E-state index in [2.05, 4.69) is 27.3 Å². The quantitative estimate of drug-likeness (QED) is 0.888. The molecule has 0 radical (unpaired) electrons. The van der Waals surface area contributed by atoms with Gasteiger partial charge in [-0.05, 0) is 53.4 Å². The van der Waals surface area contributed by atoms with Gasteiger partial charge in [-0.15, -0.1) is 0 Å². The average Bonchev–Trinajstić information content (AvgIpc) is 3.03. The Morgan fingerprint density at radius 2 is 2.27 bits per heavy atom. The lowest BCUT2D eigenvalue weighted by atomic mass is 10.2. The van der Waals surface area contributed by atoms with Gasteiger partial charge >= 0.3 is 0 Å². The Hall–Kier alpha value is -0.540. The lowest BCUT2D eigenvalue weighted by Crippen LogP contribution is -2.07. The molecule has 0 atom stereocenters. The molecule has 1 aromatic carbocycles. The zero-order chi connectivity index (χ0) is 10.7. The Balaban J connectivity index is 2.04. The molecule has 1 aromatic rings. The molecule has 1 fully saturated rings. The van der Waals surface area contributed by atoms with Gasteiger partial charge in [-0.25, -0.2) is 0 Å². The van der Waals surface area contributed by atoms with Gasteiger partial charge in [0.25, 0.3) is 0 Å². The van der Waals surface area contributed by atoms with Crippen LogP contribution in [0.1, 0.15) is 18.4 Å². The molecule has 0 heterocycles. The Bertz CT molecular complexity index is 336. The highest BCUT2D eigenvalue weighted by molar-refractivity contribution is 9.10. The van der Waals surface area contributed by atoms with E-state index in [1.807, 2.05) is 19.2 Å². The number of benzene rings is 1. The molecular weight excluding hydrogens is 254 g/mol. The molecule has 82 valence electrons. The van der Waals surface area contributed by atoms with Crippen LogP contribution in [0.5, 0.6) is 5.75 Å². The van der Waals surface area contributed by atoms with Crippen molar-refractivity contribution in [2.45, 2.75) is 19.4 Å². The number of hydrogen-bond donors (Lipinski definition) is 1. The normalized spacial score (nSPS) is 15.3. The largest absolute Gasteiger partial charge is 0.492 e. The summed E-state index contributed by atoms with van der Waals surface area (Å²) in [5.41, 5.74) is 1.24. The summed E-state index contributed by atoms with van der Waals surface area (Å²) in [6.07, 6.45) is 2.65. The smallest absolute Gasteiger partial charge is 0.133 e. The monoisotopic (exact) mass is 269 g/mol. The minimum Gasteiger partial charge on any atom is -0.492 e. The molecule has 0 saturated heterocycles. The van der Waals surface area contributed by atoms with Crippen molar-refractivity contribution < 1.29 is 4.74 Å². The molecule has 0 bridgehead atoms. The van der Waals surface area contributed by atoms with Crippen molar-refractivity contribution in [3.8, 4) is 5.75 Å². The summed E-state index contributed by atoms with van der Waals surface area (Å²) >= 11 is 3.59. The first-order chi connectivity index (χ1) is 7.31. The van der Waals surface area contributed by atoms with Crippen molar-refractivity contribution in [2.24, 2.45) is 5.92 Å². The minimum absolute atomic E-state index is 0.796. The van der Waals surface area contributed by atoms with E-state index < -0.39 is 0 Å². The van der Waals surface area contributed by atoms with Gasteiger partial charge in [0.05, 0.1) is 11.1 Å². The number of ether oxygens (including phenoxy) is 1. The van der Waals surface area contributed by atoms with Crippen LogP contribution in [0, 0.1) is 5.92 Å². The van der Waals surface area contributed by atoms with Crippen LogP contribution in [-0.2, 0) is 6.54 Å². The van der Waals surface area contributed by atoms with Crippen LogP contribution in [0.25, 0.3) is 0 Å². The highest BCUT2D eigenvalue weighted by Crippen LogP contribution is 2.33. The van der Waals surface area contributed by atoms with Gasteiger partial charge in [0.1, 0.15) is 5.75 Å². The molecule has 2 rings (SSSR count). The molecule has 0 unspecified atom stereocenters. The molecule has 3 heteroatoms. The zero-order valence-electron chi connectivity index (χ0n) is 8.92. The van der Waals surface area contributed by atoms with E-state index in [0.717, 1.165) is 29.3 Å². The van der Waals surface area contributed by atoms with Gasteiger partial charge in [0.15, 0.2) is 0 Å². The van der Waals surface area contributed by atoms with Gasteiger partial charge < -0.3 is 10.1 Å². The third-order valence-electron chi connectivity index (χ3n) is 2.58. The molecule has 1 aliphatic carbocycles. The molecule has 1 saturated carbocycles. The van der Waals surface area contributed by atoms with E-state index in [1.165, 1.54) is 18.4 Å². The fraction of sp³-hybridized carbons (Fsp3) is 0.500. The van der Waals surface area contributed by atoms with Crippen LogP contribution in [-0.4, -0.2) is 13.7 Å². The third-order valence-corrected chi connectivity index (χ3v) is 3.48. The van der Waals surface area contributed by atoms with Crippen molar-refractivity contribution in [3.05, 3.63) is 28.2 Å². The van der Waals surface area contributed by atoms with Crippen LogP contribution in [0.4, 0.5) is 0 Å². The maximum absolute atomic E-state index is 5.77. The molecule has 1 N–H and O–H groups in total. The van der Waals surface area contributed by atoms with Crippen molar-refractivity contribution in [1.29, 1.82) is 0 Å². The molecule has 15 heavy (non-hydrogen) atoms. The third kappa shape index (κ3) is 2.95. The van der Waals surface area contributed by atoms with E-state index in [-0.39, 0.29) is 0 Å². The molecule has 0 aromatic heterocycles. The first-order valence-electron chi connectivity index (χ1n) is 5.36. The first kappa shape index (κ1) is 11.0. The molecule has 1 aliphatic rings. The van der Waals surface area contributed by atoms with Gasteiger partial charge in [0.2, 0.25) is 0 Å². The highest BCUT2D eigenvalue weighted by Gasteiger charge is 2.22. The second-order valence-corrected chi connectivity index (χ2v) is 4.81. The van der Waals surface area contributed by atoms with Crippen LogP contribution in [0.3, 0.4) is 0 Å². The Kier molecular flexibility index (Phi) is 3.65. The molecule has 0 amide bonds. The number of hydrogen-bond acceptors (Lipinski definition) is 2. The minimum atomic E-state index is 0.796. The van der Waals surface area contributed by atoms with E-state index in [0.29, 0.717) is 0 Å². The van der Waals surface area contributed by atoms with Crippen molar-refractivity contribution in [1.82, 2.24) is 5.32 Å². The summed E-state index contributed by atoms with van der Waals surface area (Å²) in [6, 6.07) is 6.16. The fourth-order valence-electron chi connectivity index (χ4n) is 1.49. The summed E-state index contributed by atoms with van der Waals surface area (Å²) in [5.74, 6) is 1.76. The Morgan fingerprint density at radius 1 is 1.47 bits per heavy atom. The molecule has 0 aliphatic heterocycles.